The van der Waals surface area contributed by atoms with Crippen LogP contribution < -0.4 is 0 Å². The van der Waals surface area contributed by atoms with E-state index >= 15 is 0 Å². The number of carbonyl (C=O) groups is 2. The zero-order chi connectivity index (χ0) is 37.3. The van der Waals surface area contributed by atoms with Gasteiger partial charge >= 0.3 is 12.1 Å². The number of rotatable bonds is 41. The van der Waals surface area contributed by atoms with Crippen molar-refractivity contribution >= 4 is 12.1 Å². The highest BCUT2D eigenvalue weighted by atomic mass is 16.7. The van der Waals surface area contributed by atoms with E-state index in [9.17, 15) is 14.7 Å². The van der Waals surface area contributed by atoms with Crippen LogP contribution in [0.2, 0.25) is 0 Å². The SMILES string of the molecule is CCCCCCCCOC(=O)OCCCCCCCCN(CCO)CCCCCCCC(=O)OC(CCCCCCCC)CCCCCCCC. The first-order valence-corrected chi connectivity index (χ1v) is 22.4. The Morgan fingerprint density at radius 3 is 1.27 bits per heavy atom. The molecule has 0 aliphatic carbocycles. The summed E-state index contributed by atoms with van der Waals surface area (Å²) in [4.78, 5) is 26.8. The number of unbranched alkanes of at least 4 members (excludes halogenated alkanes) is 24. The number of hydrogen-bond donors (Lipinski definition) is 1. The molecular weight excluding hydrogens is 638 g/mol. The second kappa shape index (κ2) is 41.4. The highest BCUT2D eigenvalue weighted by Crippen LogP contribution is 2.18. The molecule has 0 fully saturated rings. The molecule has 0 spiro atoms. The van der Waals surface area contributed by atoms with Crippen LogP contribution in [0, 0.1) is 0 Å². The van der Waals surface area contributed by atoms with Gasteiger partial charge in [0.2, 0.25) is 0 Å². The predicted octanol–water partition coefficient (Wildman–Crippen LogP) is 12.9. The van der Waals surface area contributed by atoms with Crippen LogP contribution in [-0.2, 0) is 19.0 Å². The number of nitrogens with zero attached hydrogens (tertiary/aromatic N) is 1. The quantitative estimate of drug-likeness (QED) is 0.0496. The number of esters is 1. The van der Waals surface area contributed by atoms with Crippen molar-refractivity contribution in [2.24, 2.45) is 0 Å². The summed E-state index contributed by atoms with van der Waals surface area (Å²) in [6, 6.07) is 0. The molecule has 51 heavy (non-hydrogen) atoms. The Morgan fingerprint density at radius 1 is 0.471 bits per heavy atom. The van der Waals surface area contributed by atoms with Crippen LogP contribution in [0.4, 0.5) is 4.79 Å². The molecule has 0 atom stereocenters. The standard InChI is InChI=1S/C44H87NO6/c1-4-7-10-13-19-26-33-42(34-27-20-14-11-8-5-2)51-43(47)35-28-21-18-23-30-37-45(38-39-46)36-29-22-16-17-25-32-41-50-44(48)49-40-31-24-15-12-9-6-3/h42,46H,4-41H2,1-3H3. The summed E-state index contributed by atoms with van der Waals surface area (Å²) in [6.45, 7) is 10.7. The first-order chi connectivity index (χ1) is 25.1. The van der Waals surface area contributed by atoms with Crippen molar-refractivity contribution in [1.29, 1.82) is 0 Å². The fourth-order valence-electron chi connectivity index (χ4n) is 6.80. The highest BCUT2D eigenvalue weighted by Gasteiger charge is 2.14. The first-order valence-electron chi connectivity index (χ1n) is 22.4. The predicted molar refractivity (Wildman–Crippen MR) is 215 cm³/mol. The minimum atomic E-state index is -0.520. The van der Waals surface area contributed by atoms with E-state index in [1.165, 1.54) is 122 Å². The highest BCUT2D eigenvalue weighted by molar-refractivity contribution is 5.69. The lowest BCUT2D eigenvalue weighted by molar-refractivity contribution is -0.150. The van der Waals surface area contributed by atoms with Crippen LogP contribution in [0.5, 0.6) is 0 Å². The molecule has 0 aromatic heterocycles. The molecule has 0 saturated heterocycles. The van der Waals surface area contributed by atoms with Crippen LogP contribution in [-0.4, -0.2) is 67.7 Å². The molecule has 0 amide bonds. The average Bonchev–Trinajstić information content (AvgIpc) is 3.12. The minimum Gasteiger partial charge on any atom is -0.462 e. The number of aliphatic hydroxyl groups is 1. The normalized spacial score (nSPS) is 11.5. The van der Waals surface area contributed by atoms with E-state index in [0.29, 0.717) is 19.6 Å². The molecule has 1 N–H and O–H groups in total. The average molecular weight is 726 g/mol. The van der Waals surface area contributed by atoms with Gasteiger partial charge in [0, 0.05) is 13.0 Å². The van der Waals surface area contributed by atoms with Gasteiger partial charge < -0.3 is 24.2 Å². The van der Waals surface area contributed by atoms with Crippen LogP contribution in [0.1, 0.15) is 226 Å². The van der Waals surface area contributed by atoms with Gasteiger partial charge in [-0.1, -0.05) is 162 Å². The van der Waals surface area contributed by atoms with E-state index in [1.54, 1.807) is 0 Å². The second-order valence-electron chi connectivity index (χ2n) is 15.1. The van der Waals surface area contributed by atoms with E-state index in [4.69, 9.17) is 14.2 Å². The van der Waals surface area contributed by atoms with Crippen molar-refractivity contribution in [2.45, 2.75) is 232 Å². The van der Waals surface area contributed by atoms with Crippen molar-refractivity contribution < 1.29 is 28.9 Å². The molecule has 7 nitrogen and oxygen atoms in total. The molecule has 0 radical (unpaired) electrons. The van der Waals surface area contributed by atoms with Crippen LogP contribution >= 0.6 is 0 Å². The Bertz CT molecular complexity index is 704. The van der Waals surface area contributed by atoms with E-state index in [1.807, 2.05) is 0 Å². The topological polar surface area (TPSA) is 85.3 Å². The largest absolute Gasteiger partial charge is 0.508 e. The Balaban J connectivity index is 3.91. The Hall–Kier alpha value is -1.34. The van der Waals surface area contributed by atoms with Gasteiger partial charge in [0.25, 0.3) is 0 Å². The van der Waals surface area contributed by atoms with E-state index < -0.39 is 6.16 Å². The van der Waals surface area contributed by atoms with Crippen LogP contribution in [0.15, 0.2) is 0 Å². The van der Waals surface area contributed by atoms with Gasteiger partial charge in [0.05, 0.1) is 19.8 Å². The molecule has 0 heterocycles. The fourth-order valence-corrected chi connectivity index (χ4v) is 6.80. The summed E-state index contributed by atoms with van der Waals surface area (Å²) in [7, 11) is 0. The number of carbonyl (C=O) groups excluding carboxylic acids is 2. The maximum atomic E-state index is 12.7. The third-order valence-electron chi connectivity index (χ3n) is 10.1. The summed E-state index contributed by atoms with van der Waals surface area (Å²) < 4.78 is 16.4. The molecule has 7 heteroatoms. The first kappa shape index (κ1) is 49.7. The van der Waals surface area contributed by atoms with E-state index in [2.05, 4.69) is 25.7 Å². The summed E-state index contributed by atoms with van der Waals surface area (Å²) in [6.07, 6.45) is 36.8. The molecule has 0 aromatic rings. The summed E-state index contributed by atoms with van der Waals surface area (Å²) >= 11 is 0. The molecule has 0 aromatic carbocycles. The lowest BCUT2D eigenvalue weighted by Crippen LogP contribution is -2.29. The van der Waals surface area contributed by atoms with Crippen molar-refractivity contribution in [2.75, 3.05) is 39.5 Å². The van der Waals surface area contributed by atoms with E-state index in [-0.39, 0.29) is 18.7 Å². The smallest absolute Gasteiger partial charge is 0.462 e. The lowest BCUT2D eigenvalue weighted by Gasteiger charge is -2.21. The zero-order valence-corrected chi connectivity index (χ0v) is 34.4. The van der Waals surface area contributed by atoms with Gasteiger partial charge in [-0.15, -0.1) is 0 Å². The van der Waals surface area contributed by atoms with Crippen LogP contribution in [0.3, 0.4) is 0 Å². The molecule has 0 aliphatic heterocycles. The second-order valence-corrected chi connectivity index (χ2v) is 15.1. The van der Waals surface area contributed by atoms with Crippen molar-refractivity contribution in [3.63, 3.8) is 0 Å². The van der Waals surface area contributed by atoms with Gasteiger partial charge in [-0.05, 0) is 70.9 Å². The summed E-state index contributed by atoms with van der Waals surface area (Å²) in [5.74, 6) is 0.0122. The number of aliphatic hydroxyl groups excluding tert-OH is 1. The Labute approximate surface area is 317 Å². The van der Waals surface area contributed by atoms with Crippen molar-refractivity contribution in [1.82, 2.24) is 4.90 Å². The van der Waals surface area contributed by atoms with Gasteiger partial charge in [-0.2, -0.15) is 0 Å². The third kappa shape index (κ3) is 38.2. The molecule has 0 saturated carbocycles. The molecule has 0 bridgehead atoms. The molecule has 0 unspecified atom stereocenters. The fraction of sp³-hybridized carbons (Fsp3) is 0.955. The Morgan fingerprint density at radius 2 is 0.843 bits per heavy atom. The maximum Gasteiger partial charge on any atom is 0.508 e. The molecule has 0 rings (SSSR count). The van der Waals surface area contributed by atoms with Gasteiger partial charge in [0.15, 0.2) is 0 Å². The summed E-state index contributed by atoms with van der Waals surface area (Å²) in [5, 5.41) is 9.54. The molecular formula is C44H87NO6. The summed E-state index contributed by atoms with van der Waals surface area (Å²) in [5.41, 5.74) is 0. The van der Waals surface area contributed by atoms with Gasteiger partial charge in [0.1, 0.15) is 6.10 Å². The van der Waals surface area contributed by atoms with E-state index in [0.717, 1.165) is 96.7 Å². The van der Waals surface area contributed by atoms with Crippen molar-refractivity contribution in [3.8, 4) is 0 Å². The minimum absolute atomic E-state index is 0.0122. The van der Waals surface area contributed by atoms with Crippen LogP contribution in [0.25, 0.3) is 0 Å². The zero-order valence-electron chi connectivity index (χ0n) is 34.4. The lowest BCUT2D eigenvalue weighted by atomic mass is 10.0. The van der Waals surface area contributed by atoms with Gasteiger partial charge in [-0.3, -0.25) is 4.79 Å². The number of hydrogen-bond acceptors (Lipinski definition) is 7. The number of ether oxygens (including phenoxy) is 3. The Kier molecular flexibility index (Phi) is 40.3. The molecule has 304 valence electrons. The monoisotopic (exact) mass is 726 g/mol. The molecule has 0 aliphatic rings. The third-order valence-corrected chi connectivity index (χ3v) is 10.1. The maximum absolute atomic E-state index is 12.7. The van der Waals surface area contributed by atoms with Crippen molar-refractivity contribution in [3.05, 3.63) is 0 Å². The van der Waals surface area contributed by atoms with Gasteiger partial charge in [-0.25, -0.2) is 4.79 Å².